The highest BCUT2D eigenvalue weighted by molar-refractivity contribution is 5.80. The van der Waals surface area contributed by atoms with Crippen LogP contribution in [0, 0.1) is 0 Å². The van der Waals surface area contributed by atoms with E-state index < -0.39 is 12.0 Å². The number of aliphatic hydroxyl groups excluding tert-OH is 1. The van der Waals surface area contributed by atoms with Gasteiger partial charge in [-0.15, -0.1) is 0 Å². The average Bonchev–Trinajstić information content (AvgIpc) is 2.35. The molecule has 0 aliphatic carbocycles. The molecular weight excluding hydrogens is 208 g/mol. The van der Waals surface area contributed by atoms with Crippen LogP contribution in [-0.4, -0.2) is 30.8 Å². The Bertz CT molecular complexity index is 355. The van der Waals surface area contributed by atoms with Gasteiger partial charge in [0.1, 0.15) is 11.9 Å². The second kappa shape index (κ2) is 6.09. The number of benzene rings is 1. The van der Waals surface area contributed by atoms with Gasteiger partial charge in [0, 0.05) is 13.1 Å². The summed E-state index contributed by atoms with van der Waals surface area (Å²) < 4.78 is 5.05. The fourth-order valence-corrected chi connectivity index (χ4v) is 1.20. The Kier molecular flexibility index (Phi) is 4.75. The van der Waals surface area contributed by atoms with Crippen LogP contribution in [0.15, 0.2) is 24.3 Å². The van der Waals surface area contributed by atoms with E-state index in [0.29, 0.717) is 6.54 Å². The second-order valence-electron chi connectivity index (χ2n) is 3.32. The second-order valence-corrected chi connectivity index (χ2v) is 3.32. The summed E-state index contributed by atoms with van der Waals surface area (Å²) in [5.74, 6) is 0.261. The molecule has 0 aliphatic rings. The van der Waals surface area contributed by atoms with Crippen LogP contribution in [0.2, 0.25) is 0 Å². The Labute approximate surface area is 94.2 Å². The molecule has 1 atom stereocenters. The van der Waals surface area contributed by atoms with Crippen LogP contribution < -0.4 is 15.8 Å². The number of hydrogen-bond acceptors (Lipinski definition) is 4. The number of nitrogens with two attached hydrogens (primary N) is 1. The lowest BCUT2D eigenvalue weighted by molar-refractivity contribution is -0.128. The summed E-state index contributed by atoms with van der Waals surface area (Å²) >= 11 is 0. The van der Waals surface area contributed by atoms with Crippen molar-refractivity contribution < 1.29 is 14.6 Å². The molecule has 0 fully saturated rings. The minimum atomic E-state index is -1.15. The maximum atomic E-state index is 11.2. The molecule has 1 rings (SSSR count). The van der Waals surface area contributed by atoms with Crippen LogP contribution in [-0.2, 0) is 11.3 Å². The summed E-state index contributed by atoms with van der Waals surface area (Å²) in [6, 6.07) is 7.33. The number of rotatable bonds is 5. The number of aliphatic hydroxyl groups is 1. The first-order chi connectivity index (χ1) is 7.67. The van der Waals surface area contributed by atoms with Gasteiger partial charge in [0.2, 0.25) is 5.91 Å². The number of hydrogen-bond donors (Lipinski definition) is 3. The van der Waals surface area contributed by atoms with Crippen molar-refractivity contribution in [3.63, 3.8) is 0 Å². The van der Waals surface area contributed by atoms with Gasteiger partial charge in [0.25, 0.3) is 0 Å². The molecular formula is C11H16N2O3. The van der Waals surface area contributed by atoms with E-state index in [1.54, 1.807) is 7.11 Å². The van der Waals surface area contributed by atoms with Gasteiger partial charge in [-0.25, -0.2) is 0 Å². The van der Waals surface area contributed by atoms with Crippen molar-refractivity contribution in [2.24, 2.45) is 5.73 Å². The highest BCUT2D eigenvalue weighted by Gasteiger charge is 2.11. The summed E-state index contributed by atoms with van der Waals surface area (Å²) in [4.78, 5) is 11.2. The third kappa shape index (κ3) is 3.52. The lowest BCUT2D eigenvalue weighted by atomic mass is 10.2. The van der Waals surface area contributed by atoms with E-state index in [4.69, 9.17) is 15.6 Å². The normalized spacial score (nSPS) is 11.9. The highest BCUT2D eigenvalue weighted by Crippen LogP contribution is 2.11. The molecule has 0 saturated heterocycles. The van der Waals surface area contributed by atoms with Crippen LogP contribution in [0.5, 0.6) is 5.75 Å². The van der Waals surface area contributed by atoms with Gasteiger partial charge in [-0.3, -0.25) is 4.79 Å². The van der Waals surface area contributed by atoms with E-state index in [9.17, 15) is 4.79 Å². The van der Waals surface area contributed by atoms with Crippen LogP contribution >= 0.6 is 0 Å². The van der Waals surface area contributed by atoms with Crippen molar-refractivity contribution >= 4 is 5.91 Å². The van der Waals surface area contributed by atoms with E-state index in [1.165, 1.54) is 0 Å². The molecule has 1 aromatic rings. The summed E-state index contributed by atoms with van der Waals surface area (Å²) in [5.41, 5.74) is 6.06. The van der Waals surface area contributed by atoms with Gasteiger partial charge < -0.3 is 20.9 Å². The summed E-state index contributed by atoms with van der Waals surface area (Å²) in [7, 11) is 1.58. The molecule has 1 aromatic carbocycles. The zero-order valence-corrected chi connectivity index (χ0v) is 9.14. The van der Waals surface area contributed by atoms with Crippen LogP contribution in [0.4, 0.5) is 0 Å². The molecule has 0 heterocycles. The van der Waals surface area contributed by atoms with E-state index in [2.05, 4.69) is 5.32 Å². The number of ether oxygens (including phenoxy) is 1. The fraction of sp³-hybridized carbons (Fsp3) is 0.364. The predicted molar refractivity (Wildman–Crippen MR) is 59.9 cm³/mol. The zero-order valence-electron chi connectivity index (χ0n) is 9.14. The first-order valence-electron chi connectivity index (χ1n) is 4.96. The molecule has 16 heavy (non-hydrogen) atoms. The molecule has 1 amide bonds. The Morgan fingerprint density at radius 2 is 2.38 bits per heavy atom. The number of nitrogens with one attached hydrogen (secondary N) is 1. The molecule has 0 saturated carbocycles. The molecule has 0 radical (unpaired) electrons. The maximum absolute atomic E-state index is 11.2. The van der Waals surface area contributed by atoms with E-state index in [1.807, 2.05) is 24.3 Å². The van der Waals surface area contributed by atoms with Crippen LogP contribution in [0.25, 0.3) is 0 Å². The van der Waals surface area contributed by atoms with Gasteiger partial charge in [-0.1, -0.05) is 12.1 Å². The topological polar surface area (TPSA) is 84.6 Å². The monoisotopic (exact) mass is 224 g/mol. The molecule has 0 aliphatic heterocycles. The van der Waals surface area contributed by atoms with E-state index in [0.717, 1.165) is 11.3 Å². The van der Waals surface area contributed by atoms with Crippen molar-refractivity contribution in [2.45, 2.75) is 12.6 Å². The smallest absolute Gasteiger partial charge is 0.250 e. The minimum absolute atomic E-state index is 0.0794. The van der Waals surface area contributed by atoms with Crippen molar-refractivity contribution in [2.75, 3.05) is 13.7 Å². The average molecular weight is 224 g/mol. The molecule has 5 nitrogen and oxygen atoms in total. The Morgan fingerprint density at radius 3 is 3.00 bits per heavy atom. The Balaban J connectivity index is 2.51. The summed E-state index contributed by atoms with van der Waals surface area (Å²) in [6.45, 7) is 0.261. The molecule has 4 N–H and O–H groups in total. The highest BCUT2D eigenvalue weighted by atomic mass is 16.5. The quantitative estimate of drug-likeness (QED) is 0.637. The Morgan fingerprint density at radius 1 is 1.62 bits per heavy atom. The largest absolute Gasteiger partial charge is 0.497 e. The summed E-state index contributed by atoms with van der Waals surface area (Å²) in [5, 5.41) is 11.7. The molecule has 5 heteroatoms. The Hall–Kier alpha value is -1.59. The fourth-order valence-electron chi connectivity index (χ4n) is 1.20. The lowest BCUT2D eigenvalue weighted by Gasteiger charge is -2.09. The number of amides is 1. The predicted octanol–water partition coefficient (Wildman–Crippen LogP) is -0.369. The minimum Gasteiger partial charge on any atom is -0.497 e. The van der Waals surface area contributed by atoms with Gasteiger partial charge >= 0.3 is 0 Å². The van der Waals surface area contributed by atoms with Crippen molar-refractivity contribution in [1.29, 1.82) is 0 Å². The van der Waals surface area contributed by atoms with E-state index in [-0.39, 0.29) is 6.54 Å². The lowest BCUT2D eigenvalue weighted by Crippen LogP contribution is -2.38. The summed E-state index contributed by atoms with van der Waals surface area (Å²) in [6.07, 6.45) is -1.15. The third-order valence-electron chi connectivity index (χ3n) is 2.13. The van der Waals surface area contributed by atoms with Crippen molar-refractivity contribution in [3.05, 3.63) is 29.8 Å². The standard InChI is InChI=1S/C11H16N2O3/c1-16-9-4-2-3-8(5-9)7-13-11(15)10(14)6-12/h2-5,10,14H,6-7,12H2,1H3,(H,13,15). The van der Waals surface area contributed by atoms with Gasteiger partial charge in [0.15, 0.2) is 0 Å². The van der Waals surface area contributed by atoms with Gasteiger partial charge in [-0.2, -0.15) is 0 Å². The van der Waals surface area contributed by atoms with E-state index >= 15 is 0 Å². The van der Waals surface area contributed by atoms with Gasteiger partial charge in [-0.05, 0) is 17.7 Å². The number of methoxy groups -OCH3 is 1. The zero-order chi connectivity index (χ0) is 12.0. The number of carbonyl (C=O) groups excluding carboxylic acids is 1. The maximum Gasteiger partial charge on any atom is 0.250 e. The van der Waals surface area contributed by atoms with Crippen molar-refractivity contribution in [3.8, 4) is 5.75 Å². The molecule has 1 unspecified atom stereocenters. The molecule has 0 aromatic heterocycles. The molecule has 0 spiro atoms. The van der Waals surface area contributed by atoms with Crippen LogP contribution in [0.1, 0.15) is 5.56 Å². The first kappa shape index (κ1) is 12.5. The SMILES string of the molecule is COc1cccc(CNC(=O)C(O)CN)c1. The number of carbonyl (C=O) groups is 1. The first-order valence-corrected chi connectivity index (χ1v) is 4.96. The van der Waals surface area contributed by atoms with Crippen LogP contribution in [0.3, 0.4) is 0 Å². The third-order valence-corrected chi connectivity index (χ3v) is 2.13. The molecule has 0 bridgehead atoms. The van der Waals surface area contributed by atoms with Gasteiger partial charge in [0.05, 0.1) is 7.11 Å². The van der Waals surface area contributed by atoms with Crippen molar-refractivity contribution in [1.82, 2.24) is 5.32 Å². The molecule has 88 valence electrons.